The van der Waals surface area contributed by atoms with Gasteiger partial charge in [0.1, 0.15) is 0 Å². The maximum atomic E-state index is 12.2. The van der Waals surface area contributed by atoms with Gasteiger partial charge in [-0.05, 0) is 36.8 Å². The number of hydrogen-bond donors (Lipinski definition) is 2. The Balaban J connectivity index is -0.000000457. The summed E-state index contributed by atoms with van der Waals surface area (Å²) in [6.07, 6.45) is 6.74. The summed E-state index contributed by atoms with van der Waals surface area (Å²) < 4.78 is 42.8. The number of unbranched alkanes of at least 4 members (excludes halogenated alkanes) is 2. The number of benzene rings is 1. The fourth-order valence-electron chi connectivity index (χ4n) is 3.40. The fourth-order valence-corrected chi connectivity index (χ4v) is 4.06. The molecule has 0 aliphatic carbocycles. The summed E-state index contributed by atoms with van der Waals surface area (Å²) in [6.45, 7) is 8.35. The van der Waals surface area contributed by atoms with Crippen molar-refractivity contribution in [1.29, 1.82) is 0 Å². The van der Waals surface area contributed by atoms with Crippen LogP contribution in [0.3, 0.4) is 0 Å². The van der Waals surface area contributed by atoms with Gasteiger partial charge in [0, 0.05) is 0 Å². The van der Waals surface area contributed by atoms with E-state index in [0.29, 0.717) is 5.56 Å². The summed E-state index contributed by atoms with van der Waals surface area (Å²) in [4.78, 5) is 34.4. The zero-order valence-corrected chi connectivity index (χ0v) is 31.1. The second kappa shape index (κ2) is 25.1. The zero-order chi connectivity index (χ0) is 28.3. The molecule has 0 aliphatic rings. The molecular formula is C27H47NaO9SSn. The Bertz CT molecular complexity index is 905. The molecule has 3 unspecified atom stereocenters. The van der Waals surface area contributed by atoms with Gasteiger partial charge in [0.25, 0.3) is 10.1 Å². The quantitative estimate of drug-likeness (QED) is 0.142. The van der Waals surface area contributed by atoms with Crippen LogP contribution in [0.15, 0.2) is 30.3 Å². The van der Waals surface area contributed by atoms with Crippen LogP contribution >= 0.6 is 0 Å². The van der Waals surface area contributed by atoms with Gasteiger partial charge in [0.15, 0.2) is 5.25 Å². The summed E-state index contributed by atoms with van der Waals surface area (Å²) in [7, 11) is -4.76. The Labute approximate surface area is 274 Å². The molecule has 3 atom stereocenters. The maximum absolute atomic E-state index is 12.2. The minimum absolute atomic E-state index is 0. The van der Waals surface area contributed by atoms with E-state index in [0.717, 1.165) is 51.4 Å². The molecule has 0 saturated carbocycles. The number of carbonyl (C=O) groups is 3. The first-order valence-corrected chi connectivity index (χ1v) is 14.6. The van der Waals surface area contributed by atoms with Crippen LogP contribution in [-0.4, -0.2) is 78.4 Å². The molecule has 0 amide bonds. The number of carboxylic acid groups (broad SMARTS) is 1. The molecular weight excluding hydrogens is 642 g/mol. The number of hydrogen-bond acceptors (Lipinski definition) is 7. The molecule has 0 heterocycles. The molecule has 12 heteroatoms. The molecule has 1 aromatic rings. The fraction of sp³-hybridized carbons (Fsp3) is 0.667. The Morgan fingerprint density at radius 3 is 1.69 bits per heavy atom. The molecule has 0 fully saturated rings. The van der Waals surface area contributed by atoms with Gasteiger partial charge in [-0.15, -0.1) is 0 Å². The normalized spacial score (nSPS) is 12.7. The molecule has 2 N–H and O–H groups in total. The first-order chi connectivity index (χ1) is 17.5. The van der Waals surface area contributed by atoms with Crippen LogP contribution in [0.25, 0.3) is 0 Å². The van der Waals surface area contributed by atoms with Crippen molar-refractivity contribution in [3.8, 4) is 0 Å². The van der Waals surface area contributed by atoms with E-state index in [1.165, 1.54) is 0 Å². The Kier molecular flexibility index (Phi) is 27.5. The van der Waals surface area contributed by atoms with Crippen LogP contribution in [0.2, 0.25) is 0 Å². The summed E-state index contributed by atoms with van der Waals surface area (Å²) in [5.74, 6) is -2.48. The van der Waals surface area contributed by atoms with Gasteiger partial charge in [-0.25, -0.2) is 4.79 Å². The number of carboxylic acids is 1. The molecule has 0 aromatic heterocycles. The van der Waals surface area contributed by atoms with Crippen LogP contribution < -0.4 is 29.6 Å². The van der Waals surface area contributed by atoms with Crippen molar-refractivity contribution >= 4 is 51.9 Å². The third-order valence-corrected chi connectivity index (χ3v) is 7.10. The number of ether oxygens (including phenoxy) is 2. The van der Waals surface area contributed by atoms with Crippen molar-refractivity contribution in [2.75, 3.05) is 13.2 Å². The van der Waals surface area contributed by atoms with E-state index in [1.54, 1.807) is 30.3 Å². The van der Waals surface area contributed by atoms with E-state index < -0.39 is 39.7 Å². The first-order valence-electron chi connectivity index (χ1n) is 13.1. The van der Waals surface area contributed by atoms with Crippen LogP contribution in [-0.2, 0) is 29.2 Å². The average Bonchev–Trinajstić information content (AvgIpc) is 2.87. The molecule has 0 spiro atoms. The van der Waals surface area contributed by atoms with E-state index >= 15 is 0 Å². The van der Waals surface area contributed by atoms with Gasteiger partial charge >= 0.3 is 71.4 Å². The van der Waals surface area contributed by atoms with Gasteiger partial charge in [0.05, 0.1) is 25.2 Å². The molecule has 2 radical (unpaired) electrons. The molecule has 1 aromatic carbocycles. The SMILES string of the molecule is CCCCC(CC)COC(=O)CC(C(=O)OCC(CC)CCCC)S(=O)(=O)O.O=C(O)c1ccccc1.[H-].[Na+].[SnH2]. The summed E-state index contributed by atoms with van der Waals surface area (Å²) >= 11 is 0. The van der Waals surface area contributed by atoms with Gasteiger partial charge in [-0.3, -0.25) is 14.1 Å². The van der Waals surface area contributed by atoms with E-state index in [-0.39, 0.29) is 79.9 Å². The number of esters is 2. The number of rotatable bonds is 17. The number of aromatic carboxylic acids is 1. The molecule has 1 rings (SSSR count). The second-order valence-electron chi connectivity index (χ2n) is 9.02. The predicted octanol–water partition coefficient (Wildman–Crippen LogP) is 1.74. The topological polar surface area (TPSA) is 144 Å². The van der Waals surface area contributed by atoms with Crippen molar-refractivity contribution < 1.29 is 72.9 Å². The number of carbonyl (C=O) groups excluding carboxylic acids is 2. The molecule has 0 aliphatic heterocycles. The monoisotopic (exact) mass is 690 g/mol. The Morgan fingerprint density at radius 2 is 1.33 bits per heavy atom. The van der Waals surface area contributed by atoms with Crippen molar-refractivity contribution in [2.24, 2.45) is 11.8 Å². The summed E-state index contributed by atoms with van der Waals surface area (Å²) in [6, 6.07) is 8.30. The summed E-state index contributed by atoms with van der Waals surface area (Å²) in [5.41, 5.74) is 0.331. The van der Waals surface area contributed by atoms with E-state index in [2.05, 4.69) is 13.8 Å². The summed E-state index contributed by atoms with van der Waals surface area (Å²) in [5, 5.41) is 6.44. The van der Waals surface area contributed by atoms with Crippen LogP contribution in [0.5, 0.6) is 0 Å². The second-order valence-corrected chi connectivity index (χ2v) is 10.6. The van der Waals surface area contributed by atoms with Gasteiger partial charge in [0.2, 0.25) is 0 Å². The Morgan fingerprint density at radius 1 is 0.872 bits per heavy atom. The van der Waals surface area contributed by atoms with E-state index in [4.69, 9.17) is 14.6 Å². The van der Waals surface area contributed by atoms with Gasteiger partial charge < -0.3 is 16.0 Å². The molecule has 0 bridgehead atoms. The molecule has 0 saturated heterocycles. The third kappa shape index (κ3) is 20.8. The minimum atomic E-state index is -4.76. The molecule has 220 valence electrons. The predicted molar refractivity (Wildman–Crippen MR) is 152 cm³/mol. The average molecular weight is 689 g/mol. The van der Waals surface area contributed by atoms with Crippen LogP contribution in [0, 0.1) is 11.8 Å². The van der Waals surface area contributed by atoms with E-state index in [1.807, 2.05) is 13.8 Å². The van der Waals surface area contributed by atoms with Crippen LogP contribution in [0.1, 0.15) is 97.3 Å². The van der Waals surface area contributed by atoms with Crippen molar-refractivity contribution in [1.82, 2.24) is 0 Å². The van der Waals surface area contributed by atoms with Crippen molar-refractivity contribution in [3.05, 3.63) is 35.9 Å². The van der Waals surface area contributed by atoms with Crippen LogP contribution in [0.4, 0.5) is 0 Å². The first kappa shape index (κ1) is 42.8. The molecule has 39 heavy (non-hydrogen) atoms. The third-order valence-electron chi connectivity index (χ3n) is 6.02. The van der Waals surface area contributed by atoms with Crippen molar-refractivity contribution in [2.45, 2.75) is 90.7 Å². The van der Waals surface area contributed by atoms with Crippen molar-refractivity contribution in [3.63, 3.8) is 0 Å². The van der Waals surface area contributed by atoms with E-state index in [9.17, 15) is 27.4 Å². The zero-order valence-electron chi connectivity index (χ0n) is 25.3. The van der Waals surface area contributed by atoms with Gasteiger partial charge in [-0.1, -0.05) is 84.4 Å². The van der Waals surface area contributed by atoms with Gasteiger partial charge in [-0.2, -0.15) is 8.42 Å². The molecule has 9 nitrogen and oxygen atoms in total. The standard InChI is InChI=1S/C20H38O7S.C7H6O2.Na.Sn.3H/c1-5-9-11-16(7-3)14-26-19(21)13-18(28(23,24)25)20(22)27-15-17(8-4)12-10-6-2;8-7(9)6-4-2-1-3-5-6;;;;;/h16-18H,5-15H2,1-4H3,(H,23,24,25);1-5H,(H,8,9);;;;;/q;;+1;;;;-1. The Hall–Kier alpha value is -0.661.